The number of fused-ring (bicyclic) bond motifs is 1. The Morgan fingerprint density at radius 1 is 0.759 bits per heavy atom. The molecule has 0 aliphatic heterocycles. The number of H-pyrrole nitrogens is 1. The molecule has 0 aliphatic rings. The smallest absolute Gasteiger partial charge is 0.335 e. The summed E-state index contributed by atoms with van der Waals surface area (Å²) in [4.78, 5) is 23.3. The number of hydrogen-bond acceptors (Lipinski definition) is 6. The molecule has 3 aromatic heterocycles. The van der Waals surface area contributed by atoms with Crippen LogP contribution >= 0.6 is 0 Å². The highest BCUT2D eigenvalue weighted by atomic mass is 16.4. The summed E-state index contributed by atoms with van der Waals surface area (Å²) in [5, 5.41) is 23.6. The zero-order valence-corrected chi connectivity index (χ0v) is 32.3. The first-order valence-corrected chi connectivity index (χ1v) is 19.3. The van der Waals surface area contributed by atoms with Crippen LogP contribution in [0.1, 0.15) is 57.3 Å². The van der Waals surface area contributed by atoms with E-state index < -0.39 is 11.5 Å². The van der Waals surface area contributed by atoms with E-state index in [-0.39, 0.29) is 5.56 Å². The van der Waals surface area contributed by atoms with Crippen LogP contribution in [-0.4, -0.2) is 50.8 Å². The molecule has 0 saturated heterocycles. The standard InChI is InChI=1S/C45H38N6O2.C3H4N2/c1-3-15-41-46-42-31(2)28-34(44(52)53)29-40(42)50(41)30-32-24-26-33(27-25-32)38-22-13-14-23-39(38)43-47-48-49-51(43)45(35-16-7-4-8-17-35,36-18-9-5-10-19-36)37-20-11-6-12-21-37;1-2-5-3-4-1/h4-14,16-29H,3,15,30H2,1-2H3,(H,52,53);1-3H,(H,4,5). The van der Waals surface area contributed by atoms with E-state index in [2.05, 4.69) is 136 Å². The molecular formula is C48H42N8O2. The Kier molecular flexibility index (Phi) is 10.8. The van der Waals surface area contributed by atoms with Gasteiger partial charge in [-0.2, -0.15) is 0 Å². The second kappa shape index (κ2) is 16.7. The molecule has 10 heteroatoms. The van der Waals surface area contributed by atoms with Crippen molar-refractivity contribution < 1.29 is 9.90 Å². The van der Waals surface area contributed by atoms with E-state index in [1.165, 1.54) is 0 Å². The Bertz CT molecular complexity index is 2630. The van der Waals surface area contributed by atoms with Crippen LogP contribution in [0.5, 0.6) is 0 Å². The second-order valence-electron chi connectivity index (χ2n) is 14.1. The number of nitrogens with one attached hydrogen (secondary N) is 1. The van der Waals surface area contributed by atoms with E-state index in [0.717, 1.165) is 74.2 Å². The lowest BCUT2D eigenvalue weighted by atomic mass is 9.77. The van der Waals surface area contributed by atoms with Crippen LogP contribution in [0.3, 0.4) is 0 Å². The maximum absolute atomic E-state index is 11.9. The molecule has 58 heavy (non-hydrogen) atoms. The average Bonchev–Trinajstić information content (AvgIpc) is 4.08. The first-order valence-electron chi connectivity index (χ1n) is 19.3. The Hall–Kier alpha value is -7.46. The van der Waals surface area contributed by atoms with Crippen molar-refractivity contribution in [1.29, 1.82) is 0 Å². The lowest BCUT2D eigenvalue weighted by Crippen LogP contribution is -2.39. The van der Waals surface area contributed by atoms with Gasteiger partial charge in [-0.15, -0.1) is 5.10 Å². The van der Waals surface area contributed by atoms with E-state index in [1.807, 2.05) is 41.9 Å². The molecule has 9 aromatic rings. The molecule has 0 atom stereocenters. The summed E-state index contributed by atoms with van der Waals surface area (Å²) in [6.45, 7) is 4.63. The minimum absolute atomic E-state index is 0.268. The van der Waals surface area contributed by atoms with Gasteiger partial charge in [0.15, 0.2) is 5.82 Å². The highest BCUT2D eigenvalue weighted by Gasteiger charge is 2.42. The summed E-state index contributed by atoms with van der Waals surface area (Å²) in [7, 11) is 0. The molecule has 0 aliphatic carbocycles. The van der Waals surface area contributed by atoms with Crippen molar-refractivity contribution in [3.05, 3.63) is 210 Å². The van der Waals surface area contributed by atoms with Crippen molar-refractivity contribution in [2.75, 3.05) is 0 Å². The zero-order valence-electron chi connectivity index (χ0n) is 32.3. The maximum atomic E-state index is 11.9. The van der Waals surface area contributed by atoms with E-state index >= 15 is 0 Å². The molecule has 3 heterocycles. The van der Waals surface area contributed by atoms with Crippen LogP contribution in [0.4, 0.5) is 0 Å². The van der Waals surface area contributed by atoms with Gasteiger partial charge in [0.2, 0.25) is 0 Å². The van der Waals surface area contributed by atoms with Gasteiger partial charge in [0.25, 0.3) is 0 Å². The summed E-state index contributed by atoms with van der Waals surface area (Å²) in [6.07, 6.45) is 6.82. The topological polar surface area (TPSA) is 127 Å². The number of aromatic amines is 1. The molecule has 9 rings (SSSR count). The van der Waals surface area contributed by atoms with E-state index in [9.17, 15) is 9.90 Å². The fourth-order valence-corrected chi connectivity index (χ4v) is 7.76. The van der Waals surface area contributed by atoms with Crippen LogP contribution in [0, 0.1) is 6.92 Å². The summed E-state index contributed by atoms with van der Waals surface area (Å²) in [6, 6.07) is 51.4. The minimum Gasteiger partial charge on any atom is -0.478 e. The van der Waals surface area contributed by atoms with Gasteiger partial charge in [-0.1, -0.05) is 146 Å². The van der Waals surface area contributed by atoms with Crippen molar-refractivity contribution in [3.8, 4) is 22.5 Å². The molecule has 0 unspecified atom stereocenters. The van der Waals surface area contributed by atoms with Crippen molar-refractivity contribution in [2.45, 2.75) is 38.8 Å². The number of aromatic nitrogens is 8. The molecule has 10 nitrogen and oxygen atoms in total. The van der Waals surface area contributed by atoms with Crippen LogP contribution in [-0.2, 0) is 18.5 Å². The Morgan fingerprint density at radius 3 is 1.90 bits per heavy atom. The first kappa shape index (κ1) is 37.5. The number of aromatic carboxylic acids is 1. The monoisotopic (exact) mass is 762 g/mol. The van der Waals surface area contributed by atoms with E-state index in [0.29, 0.717) is 12.4 Å². The highest BCUT2D eigenvalue weighted by Crippen LogP contribution is 2.43. The van der Waals surface area contributed by atoms with Gasteiger partial charge in [0.05, 0.1) is 22.9 Å². The van der Waals surface area contributed by atoms with E-state index in [1.54, 1.807) is 30.9 Å². The molecular weight excluding hydrogens is 721 g/mol. The number of rotatable bonds is 11. The molecule has 0 radical (unpaired) electrons. The number of tetrazole rings is 1. The van der Waals surface area contributed by atoms with Crippen LogP contribution < -0.4 is 0 Å². The fraction of sp³-hybridized carbons (Fsp3) is 0.125. The minimum atomic E-state index is -0.942. The number of carboxylic acid groups (broad SMARTS) is 1. The Balaban J connectivity index is 0.000000873. The van der Waals surface area contributed by atoms with Crippen molar-refractivity contribution in [2.24, 2.45) is 0 Å². The molecule has 286 valence electrons. The van der Waals surface area contributed by atoms with Gasteiger partial charge in [-0.3, -0.25) is 0 Å². The van der Waals surface area contributed by atoms with Crippen molar-refractivity contribution >= 4 is 17.0 Å². The molecule has 0 bridgehead atoms. The van der Waals surface area contributed by atoms with E-state index in [4.69, 9.17) is 15.3 Å². The molecule has 0 fully saturated rings. The van der Waals surface area contributed by atoms with Crippen LogP contribution in [0.15, 0.2) is 170 Å². The highest BCUT2D eigenvalue weighted by molar-refractivity contribution is 5.94. The largest absolute Gasteiger partial charge is 0.478 e. The molecule has 0 amide bonds. The van der Waals surface area contributed by atoms with Crippen molar-refractivity contribution in [3.63, 3.8) is 0 Å². The lowest BCUT2D eigenvalue weighted by Gasteiger charge is -2.36. The first-order chi connectivity index (χ1) is 28.5. The quantitative estimate of drug-likeness (QED) is 0.126. The van der Waals surface area contributed by atoms with Gasteiger partial charge in [-0.05, 0) is 74.8 Å². The normalized spacial score (nSPS) is 11.3. The molecule has 2 N–H and O–H groups in total. The summed E-state index contributed by atoms with van der Waals surface area (Å²) in [5.74, 6) is 0.649. The van der Waals surface area contributed by atoms with Gasteiger partial charge in [0, 0.05) is 30.9 Å². The third-order valence-corrected chi connectivity index (χ3v) is 10.4. The Labute approximate surface area is 336 Å². The number of carboxylic acids is 1. The average molecular weight is 763 g/mol. The second-order valence-corrected chi connectivity index (χ2v) is 14.1. The number of aryl methyl sites for hydroxylation is 2. The third kappa shape index (κ3) is 7.19. The van der Waals surface area contributed by atoms with Gasteiger partial charge < -0.3 is 14.7 Å². The maximum Gasteiger partial charge on any atom is 0.335 e. The summed E-state index contributed by atoms with van der Waals surface area (Å²) in [5.41, 5.74) is 9.06. The molecule has 6 aromatic carbocycles. The number of hydrogen-bond donors (Lipinski definition) is 2. The predicted octanol–water partition coefficient (Wildman–Crippen LogP) is 9.61. The third-order valence-electron chi connectivity index (χ3n) is 10.4. The van der Waals surface area contributed by atoms with Gasteiger partial charge in [-0.25, -0.2) is 19.4 Å². The van der Waals surface area contributed by atoms with Crippen LogP contribution in [0.2, 0.25) is 0 Å². The number of carbonyl (C=O) groups is 1. The summed E-state index contributed by atoms with van der Waals surface area (Å²) < 4.78 is 4.12. The molecule has 0 saturated carbocycles. The van der Waals surface area contributed by atoms with Gasteiger partial charge in [0.1, 0.15) is 11.4 Å². The SMILES string of the molecule is CCCc1nc2c(C)cc(C(=O)O)cc2n1Cc1ccc(-c2ccccc2-c2nnnn2C(c2ccccc2)(c2ccccc2)c2ccccc2)cc1.c1c[nH]cn1. The zero-order chi connectivity index (χ0) is 39.9. The van der Waals surface area contributed by atoms with Gasteiger partial charge >= 0.3 is 5.97 Å². The summed E-state index contributed by atoms with van der Waals surface area (Å²) >= 11 is 0. The lowest BCUT2D eigenvalue weighted by molar-refractivity contribution is 0.0697. The Morgan fingerprint density at radius 2 is 1.36 bits per heavy atom. The van der Waals surface area contributed by atoms with Crippen molar-refractivity contribution in [1.82, 2.24) is 39.7 Å². The number of benzene rings is 6. The predicted molar refractivity (Wildman–Crippen MR) is 226 cm³/mol. The van der Waals surface area contributed by atoms with Crippen LogP contribution in [0.25, 0.3) is 33.5 Å². The fourth-order valence-electron chi connectivity index (χ4n) is 7.76. The number of imidazole rings is 2. The number of nitrogens with zero attached hydrogens (tertiary/aromatic N) is 7. The molecule has 0 spiro atoms.